The highest BCUT2D eigenvalue weighted by Crippen LogP contribution is 2.16. The van der Waals surface area contributed by atoms with Gasteiger partial charge in [0, 0.05) is 23.5 Å². The lowest BCUT2D eigenvalue weighted by Gasteiger charge is -2.07. The van der Waals surface area contributed by atoms with Gasteiger partial charge in [0.05, 0.1) is 11.3 Å². The molecule has 1 aromatic heterocycles. The molecule has 0 aliphatic heterocycles. The van der Waals surface area contributed by atoms with E-state index in [0.29, 0.717) is 29.1 Å². The lowest BCUT2D eigenvalue weighted by molar-refractivity contribution is -0.115. The topological polar surface area (TPSA) is 86.9 Å². The molecular weight excluding hydrogens is 268 g/mol. The third-order valence-electron chi connectivity index (χ3n) is 3.10. The number of hydrogen-bond acceptors (Lipinski definition) is 3. The predicted molar refractivity (Wildman–Crippen MR) is 81.4 cm³/mol. The van der Waals surface area contributed by atoms with E-state index in [1.54, 1.807) is 45.0 Å². The van der Waals surface area contributed by atoms with E-state index in [1.165, 1.54) is 0 Å². The molecule has 6 heteroatoms. The fraction of sp³-hybridized carbons (Fsp3) is 0.267. The van der Waals surface area contributed by atoms with Gasteiger partial charge in [0.25, 0.3) is 5.91 Å². The Bertz CT molecular complexity index is 639. The summed E-state index contributed by atoms with van der Waals surface area (Å²) < 4.78 is 0. The van der Waals surface area contributed by atoms with Crippen molar-refractivity contribution in [2.75, 3.05) is 10.6 Å². The van der Waals surface area contributed by atoms with Crippen LogP contribution in [0, 0.1) is 13.8 Å². The number of nitrogens with zero attached hydrogens (tertiary/aromatic N) is 1. The number of carbonyl (C=O) groups excluding carboxylic acids is 2. The van der Waals surface area contributed by atoms with Gasteiger partial charge in [-0.1, -0.05) is 6.92 Å². The number of hydrogen-bond donors (Lipinski definition) is 3. The number of nitrogens with one attached hydrogen (secondary N) is 3. The maximum Gasteiger partial charge on any atom is 0.259 e. The molecule has 0 spiro atoms. The molecular formula is C15H18N4O2. The van der Waals surface area contributed by atoms with Crippen molar-refractivity contribution in [3.05, 3.63) is 41.2 Å². The van der Waals surface area contributed by atoms with Crippen LogP contribution in [-0.4, -0.2) is 22.0 Å². The summed E-state index contributed by atoms with van der Waals surface area (Å²) in [7, 11) is 0. The second-order valence-electron chi connectivity index (χ2n) is 4.74. The largest absolute Gasteiger partial charge is 0.326 e. The highest BCUT2D eigenvalue weighted by atomic mass is 16.2. The zero-order valence-corrected chi connectivity index (χ0v) is 12.3. The fourth-order valence-electron chi connectivity index (χ4n) is 1.97. The Kier molecular flexibility index (Phi) is 4.37. The van der Waals surface area contributed by atoms with Crippen LogP contribution >= 0.6 is 0 Å². The lowest BCUT2D eigenvalue weighted by Crippen LogP contribution is -2.14. The summed E-state index contributed by atoms with van der Waals surface area (Å²) in [6.07, 6.45) is 0.428. The van der Waals surface area contributed by atoms with Crippen molar-refractivity contribution in [2.45, 2.75) is 27.2 Å². The Morgan fingerprint density at radius 1 is 1.10 bits per heavy atom. The quantitative estimate of drug-likeness (QED) is 0.807. The number of benzene rings is 1. The Morgan fingerprint density at radius 3 is 2.14 bits per heavy atom. The van der Waals surface area contributed by atoms with Crippen LogP contribution in [0.4, 0.5) is 11.4 Å². The van der Waals surface area contributed by atoms with E-state index < -0.39 is 0 Å². The van der Waals surface area contributed by atoms with Crippen LogP contribution in [-0.2, 0) is 4.79 Å². The van der Waals surface area contributed by atoms with E-state index in [-0.39, 0.29) is 11.8 Å². The molecule has 0 atom stereocenters. The van der Waals surface area contributed by atoms with Gasteiger partial charge in [-0.15, -0.1) is 0 Å². The lowest BCUT2D eigenvalue weighted by atomic mass is 10.2. The number of H-pyrrole nitrogens is 1. The third kappa shape index (κ3) is 3.47. The molecule has 0 bridgehead atoms. The molecule has 2 rings (SSSR count). The van der Waals surface area contributed by atoms with Crippen molar-refractivity contribution >= 4 is 23.2 Å². The Balaban J connectivity index is 2.07. The Hall–Kier alpha value is -2.63. The molecule has 0 saturated carbocycles. The fourth-order valence-corrected chi connectivity index (χ4v) is 1.97. The summed E-state index contributed by atoms with van der Waals surface area (Å²) in [6.45, 7) is 5.37. The molecule has 6 nitrogen and oxygen atoms in total. The van der Waals surface area contributed by atoms with Crippen molar-refractivity contribution < 1.29 is 9.59 Å². The minimum atomic E-state index is -0.205. The van der Waals surface area contributed by atoms with Crippen LogP contribution in [0.15, 0.2) is 24.3 Å². The molecule has 0 saturated heterocycles. The van der Waals surface area contributed by atoms with Gasteiger partial charge in [0.2, 0.25) is 5.91 Å². The SMILES string of the molecule is CCC(=O)Nc1ccc(NC(=O)c2c(C)n[nH]c2C)cc1. The summed E-state index contributed by atoms with van der Waals surface area (Å²) in [4.78, 5) is 23.5. The summed E-state index contributed by atoms with van der Waals surface area (Å²) in [5, 5.41) is 12.3. The molecule has 1 heterocycles. The number of carbonyl (C=O) groups is 2. The van der Waals surface area contributed by atoms with Crippen molar-refractivity contribution in [1.29, 1.82) is 0 Å². The molecule has 2 amide bonds. The van der Waals surface area contributed by atoms with Gasteiger partial charge in [0.1, 0.15) is 0 Å². The maximum absolute atomic E-state index is 12.2. The zero-order valence-electron chi connectivity index (χ0n) is 12.3. The molecule has 1 aromatic carbocycles. The van der Waals surface area contributed by atoms with E-state index in [2.05, 4.69) is 20.8 Å². The monoisotopic (exact) mass is 286 g/mol. The van der Waals surface area contributed by atoms with Crippen molar-refractivity contribution in [3.8, 4) is 0 Å². The number of anilines is 2. The Morgan fingerprint density at radius 2 is 1.67 bits per heavy atom. The van der Waals surface area contributed by atoms with Crippen molar-refractivity contribution in [3.63, 3.8) is 0 Å². The van der Waals surface area contributed by atoms with Crippen LogP contribution in [0.3, 0.4) is 0 Å². The van der Waals surface area contributed by atoms with Crippen molar-refractivity contribution in [2.24, 2.45) is 0 Å². The van der Waals surface area contributed by atoms with Crippen LogP contribution in [0.25, 0.3) is 0 Å². The van der Waals surface area contributed by atoms with Gasteiger partial charge >= 0.3 is 0 Å². The zero-order chi connectivity index (χ0) is 15.4. The average Bonchev–Trinajstić information content (AvgIpc) is 2.80. The molecule has 2 aromatic rings. The molecule has 0 aliphatic carbocycles. The van der Waals surface area contributed by atoms with Gasteiger partial charge < -0.3 is 10.6 Å². The molecule has 0 unspecified atom stereocenters. The summed E-state index contributed by atoms with van der Waals surface area (Å²) in [5.41, 5.74) is 3.32. The van der Waals surface area contributed by atoms with Gasteiger partial charge in [-0.05, 0) is 38.1 Å². The third-order valence-corrected chi connectivity index (χ3v) is 3.10. The normalized spacial score (nSPS) is 10.2. The summed E-state index contributed by atoms with van der Waals surface area (Å²) in [5.74, 6) is -0.250. The predicted octanol–water partition coefficient (Wildman–Crippen LogP) is 2.63. The van der Waals surface area contributed by atoms with Crippen LogP contribution in [0.1, 0.15) is 35.1 Å². The van der Waals surface area contributed by atoms with E-state index in [9.17, 15) is 9.59 Å². The van der Waals surface area contributed by atoms with Crippen LogP contribution in [0.5, 0.6) is 0 Å². The van der Waals surface area contributed by atoms with E-state index in [1.807, 2.05) is 0 Å². The molecule has 110 valence electrons. The first-order valence-corrected chi connectivity index (χ1v) is 6.74. The van der Waals surface area contributed by atoms with Crippen molar-refractivity contribution in [1.82, 2.24) is 10.2 Å². The van der Waals surface area contributed by atoms with Gasteiger partial charge in [-0.25, -0.2) is 0 Å². The maximum atomic E-state index is 12.2. The number of aromatic amines is 1. The molecule has 3 N–H and O–H groups in total. The second-order valence-corrected chi connectivity index (χ2v) is 4.74. The minimum Gasteiger partial charge on any atom is -0.326 e. The molecule has 0 radical (unpaired) electrons. The van der Waals surface area contributed by atoms with Crippen LogP contribution < -0.4 is 10.6 Å². The summed E-state index contributed by atoms with van der Waals surface area (Å²) >= 11 is 0. The van der Waals surface area contributed by atoms with Gasteiger partial charge in [-0.3, -0.25) is 14.7 Å². The molecule has 0 aliphatic rings. The van der Waals surface area contributed by atoms with E-state index in [4.69, 9.17) is 0 Å². The number of rotatable bonds is 4. The minimum absolute atomic E-state index is 0.0450. The smallest absolute Gasteiger partial charge is 0.259 e. The number of aryl methyl sites for hydroxylation is 2. The first-order chi connectivity index (χ1) is 10.0. The first-order valence-electron chi connectivity index (χ1n) is 6.74. The van der Waals surface area contributed by atoms with E-state index in [0.717, 1.165) is 5.69 Å². The molecule has 0 fully saturated rings. The highest BCUT2D eigenvalue weighted by molar-refractivity contribution is 6.05. The number of amides is 2. The molecule has 21 heavy (non-hydrogen) atoms. The Labute approximate surface area is 122 Å². The second kappa shape index (κ2) is 6.21. The van der Waals surface area contributed by atoms with Crippen LogP contribution in [0.2, 0.25) is 0 Å². The average molecular weight is 286 g/mol. The van der Waals surface area contributed by atoms with Gasteiger partial charge in [-0.2, -0.15) is 5.10 Å². The summed E-state index contributed by atoms with van der Waals surface area (Å²) in [6, 6.07) is 6.98. The number of aromatic nitrogens is 2. The standard InChI is InChI=1S/C15H18N4O2/c1-4-13(20)16-11-5-7-12(8-6-11)17-15(21)14-9(2)18-19-10(14)3/h5-8H,4H2,1-3H3,(H,16,20)(H,17,21)(H,18,19). The first kappa shape index (κ1) is 14.8. The van der Waals surface area contributed by atoms with E-state index >= 15 is 0 Å². The highest BCUT2D eigenvalue weighted by Gasteiger charge is 2.15. The van der Waals surface area contributed by atoms with Gasteiger partial charge in [0.15, 0.2) is 0 Å².